The Morgan fingerprint density at radius 2 is 2.20 bits per heavy atom. The van der Waals surface area contributed by atoms with Crippen molar-refractivity contribution in [3.8, 4) is 0 Å². The van der Waals surface area contributed by atoms with E-state index in [0.29, 0.717) is 5.76 Å². The number of amides is 1. The molecule has 0 saturated heterocycles. The highest BCUT2D eigenvalue weighted by Gasteiger charge is 2.27. The first-order valence-corrected chi connectivity index (χ1v) is 6.12. The molecule has 0 radical (unpaired) electrons. The summed E-state index contributed by atoms with van der Waals surface area (Å²) >= 11 is 0. The second kappa shape index (κ2) is 5.34. The lowest BCUT2D eigenvalue weighted by Crippen LogP contribution is -2.40. The van der Waals surface area contributed by atoms with Gasteiger partial charge in [-0.3, -0.25) is 9.59 Å². The molecule has 1 unspecified atom stereocenters. The molecule has 0 aliphatic carbocycles. The lowest BCUT2D eigenvalue weighted by molar-refractivity contribution is 0.0330. The fraction of sp³-hybridized carbons (Fsp3) is 0.286. The van der Waals surface area contributed by atoms with Gasteiger partial charge in [0, 0.05) is 13.2 Å². The molecule has 0 fully saturated rings. The van der Waals surface area contributed by atoms with Gasteiger partial charge in [0.2, 0.25) is 0 Å². The summed E-state index contributed by atoms with van der Waals surface area (Å²) in [5.74, 6) is -0.184. The summed E-state index contributed by atoms with van der Waals surface area (Å²) in [6.45, 7) is 1.46. The van der Waals surface area contributed by atoms with Crippen LogP contribution in [-0.4, -0.2) is 22.1 Å². The summed E-state index contributed by atoms with van der Waals surface area (Å²) in [7, 11) is 1.57. The Labute approximate surface area is 115 Å². The van der Waals surface area contributed by atoms with Crippen molar-refractivity contribution < 1.29 is 14.3 Å². The molecule has 2 rings (SSSR count). The highest BCUT2D eigenvalue weighted by Crippen LogP contribution is 2.19. The summed E-state index contributed by atoms with van der Waals surface area (Å²) in [5, 5.41) is 12.7. The van der Waals surface area contributed by atoms with Crippen LogP contribution in [0.25, 0.3) is 0 Å². The largest absolute Gasteiger partial charge is 0.466 e. The number of furan rings is 1. The van der Waals surface area contributed by atoms with Gasteiger partial charge in [0.15, 0.2) is 0 Å². The molecular weight excluding hydrogens is 260 g/mol. The normalized spacial score (nSPS) is 13.8. The predicted octanol–water partition coefficient (Wildman–Crippen LogP) is 0.616. The number of rotatable bonds is 4. The van der Waals surface area contributed by atoms with Crippen LogP contribution in [0.2, 0.25) is 0 Å². The molecule has 0 aliphatic heterocycles. The van der Waals surface area contributed by atoms with E-state index in [9.17, 15) is 14.7 Å². The molecule has 6 heteroatoms. The molecule has 0 aliphatic rings. The minimum absolute atomic E-state index is 0.0326. The smallest absolute Gasteiger partial charge is 0.263 e. The molecule has 106 valence electrons. The number of aryl methyl sites for hydroxylation is 1. The summed E-state index contributed by atoms with van der Waals surface area (Å²) in [6, 6.07) is 6.33. The number of hydrogen-bond acceptors (Lipinski definition) is 4. The van der Waals surface area contributed by atoms with Crippen LogP contribution in [0.15, 0.2) is 45.9 Å². The van der Waals surface area contributed by atoms with Crippen LogP contribution in [0.4, 0.5) is 0 Å². The Bertz CT molecular complexity index is 656. The molecule has 0 saturated carbocycles. The van der Waals surface area contributed by atoms with E-state index in [1.54, 1.807) is 31.4 Å². The molecule has 2 heterocycles. The number of carbonyl (C=O) groups excluding carboxylic acids is 1. The third-order valence-corrected chi connectivity index (χ3v) is 3.01. The molecule has 20 heavy (non-hydrogen) atoms. The Hall–Kier alpha value is -2.34. The van der Waals surface area contributed by atoms with E-state index in [0.717, 1.165) is 0 Å². The highest BCUT2D eigenvalue weighted by molar-refractivity contribution is 5.93. The van der Waals surface area contributed by atoms with Crippen LogP contribution in [0.5, 0.6) is 0 Å². The van der Waals surface area contributed by atoms with Crippen molar-refractivity contribution in [2.75, 3.05) is 6.54 Å². The quantitative estimate of drug-likeness (QED) is 0.857. The Morgan fingerprint density at radius 1 is 1.45 bits per heavy atom. The maximum Gasteiger partial charge on any atom is 0.263 e. The van der Waals surface area contributed by atoms with Gasteiger partial charge in [-0.1, -0.05) is 0 Å². The van der Waals surface area contributed by atoms with Gasteiger partial charge in [-0.05, 0) is 31.2 Å². The molecular formula is C14H16N2O4. The first kappa shape index (κ1) is 14.1. The number of pyridine rings is 1. The van der Waals surface area contributed by atoms with Crippen LogP contribution < -0.4 is 10.9 Å². The highest BCUT2D eigenvalue weighted by atomic mass is 16.4. The summed E-state index contributed by atoms with van der Waals surface area (Å²) in [5.41, 5.74) is -1.69. The van der Waals surface area contributed by atoms with Crippen molar-refractivity contribution in [2.45, 2.75) is 12.5 Å². The molecule has 2 aromatic heterocycles. The van der Waals surface area contributed by atoms with Gasteiger partial charge in [0.1, 0.15) is 16.9 Å². The minimum atomic E-state index is -1.33. The van der Waals surface area contributed by atoms with Gasteiger partial charge in [-0.2, -0.15) is 0 Å². The van der Waals surface area contributed by atoms with Gasteiger partial charge in [-0.25, -0.2) is 0 Å². The Kier molecular flexibility index (Phi) is 3.76. The molecule has 2 aromatic rings. The van der Waals surface area contributed by atoms with E-state index in [2.05, 4.69) is 5.32 Å². The van der Waals surface area contributed by atoms with Crippen LogP contribution in [0.1, 0.15) is 23.0 Å². The first-order chi connectivity index (χ1) is 9.42. The summed E-state index contributed by atoms with van der Waals surface area (Å²) in [4.78, 5) is 23.8. The van der Waals surface area contributed by atoms with Crippen LogP contribution in [-0.2, 0) is 12.6 Å². The number of nitrogens with one attached hydrogen (secondary N) is 1. The predicted molar refractivity (Wildman–Crippen MR) is 72.3 cm³/mol. The number of aliphatic hydroxyl groups is 1. The number of hydrogen-bond donors (Lipinski definition) is 2. The number of nitrogens with zero attached hydrogens (tertiary/aromatic N) is 1. The van der Waals surface area contributed by atoms with E-state index >= 15 is 0 Å². The topological polar surface area (TPSA) is 84.5 Å². The van der Waals surface area contributed by atoms with E-state index in [1.165, 1.54) is 23.8 Å². The van der Waals surface area contributed by atoms with E-state index in [4.69, 9.17) is 4.42 Å². The molecule has 6 nitrogen and oxygen atoms in total. The van der Waals surface area contributed by atoms with Crippen LogP contribution >= 0.6 is 0 Å². The molecule has 0 spiro atoms. The summed E-state index contributed by atoms with van der Waals surface area (Å²) < 4.78 is 6.43. The minimum Gasteiger partial charge on any atom is -0.466 e. The molecule has 1 amide bonds. The molecule has 0 bridgehead atoms. The summed E-state index contributed by atoms with van der Waals surface area (Å²) in [6.07, 6.45) is 3.01. The molecule has 1 atom stereocenters. The second-order valence-electron chi connectivity index (χ2n) is 4.77. The van der Waals surface area contributed by atoms with Crippen molar-refractivity contribution in [2.24, 2.45) is 7.05 Å². The van der Waals surface area contributed by atoms with Gasteiger partial charge >= 0.3 is 0 Å². The molecule has 2 N–H and O–H groups in total. The van der Waals surface area contributed by atoms with Crippen molar-refractivity contribution in [1.82, 2.24) is 9.88 Å². The maximum absolute atomic E-state index is 12.0. The fourth-order valence-corrected chi connectivity index (χ4v) is 1.79. The van der Waals surface area contributed by atoms with E-state index in [1.807, 2.05) is 0 Å². The van der Waals surface area contributed by atoms with Gasteiger partial charge in [0.25, 0.3) is 11.5 Å². The third kappa shape index (κ3) is 2.80. The monoisotopic (exact) mass is 276 g/mol. The van der Waals surface area contributed by atoms with Crippen molar-refractivity contribution in [3.05, 3.63) is 58.4 Å². The lowest BCUT2D eigenvalue weighted by Gasteiger charge is -2.21. The maximum atomic E-state index is 12.0. The lowest BCUT2D eigenvalue weighted by atomic mass is 10.0. The average molecular weight is 276 g/mol. The Morgan fingerprint density at radius 3 is 2.85 bits per heavy atom. The van der Waals surface area contributed by atoms with Gasteiger partial charge in [-0.15, -0.1) is 0 Å². The van der Waals surface area contributed by atoms with Crippen molar-refractivity contribution >= 4 is 5.91 Å². The van der Waals surface area contributed by atoms with Gasteiger partial charge < -0.3 is 19.4 Å². The standard InChI is InChI=1S/C14H16N2O4/c1-14(19,11-6-4-8-20-11)9-15-12(17)10-5-3-7-16(2)13(10)18/h3-8,19H,9H2,1-2H3,(H,15,17). The zero-order valence-electron chi connectivity index (χ0n) is 11.3. The van der Waals surface area contributed by atoms with Crippen LogP contribution in [0.3, 0.4) is 0 Å². The zero-order valence-corrected chi connectivity index (χ0v) is 11.3. The SMILES string of the molecule is Cn1cccc(C(=O)NCC(C)(O)c2ccco2)c1=O. The fourth-order valence-electron chi connectivity index (χ4n) is 1.79. The van der Waals surface area contributed by atoms with Gasteiger partial charge in [0.05, 0.1) is 12.8 Å². The van der Waals surface area contributed by atoms with E-state index in [-0.39, 0.29) is 17.7 Å². The van der Waals surface area contributed by atoms with Crippen LogP contribution in [0, 0.1) is 0 Å². The number of carbonyl (C=O) groups is 1. The third-order valence-electron chi connectivity index (χ3n) is 3.01. The first-order valence-electron chi connectivity index (χ1n) is 6.12. The number of aromatic nitrogens is 1. The Balaban J connectivity index is 2.10. The van der Waals surface area contributed by atoms with Crippen molar-refractivity contribution in [1.29, 1.82) is 0 Å². The second-order valence-corrected chi connectivity index (χ2v) is 4.77. The van der Waals surface area contributed by atoms with E-state index < -0.39 is 11.5 Å². The zero-order chi connectivity index (χ0) is 14.8. The average Bonchev–Trinajstić information content (AvgIpc) is 2.94. The van der Waals surface area contributed by atoms with Crippen molar-refractivity contribution in [3.63, 3.8) is 0 Å². The molecule has 0 aromatic carbocycles.